The number of carbonyl (C=O) groups excluding carboxylic acids is 1. The highest BCUT2D eigenvalue weighted by Crippen LogP contribution is 2.20. The van der Waals surface area contributed by atoms with Crippen LogP contribution in [0.5, 0.6) is 0 Å². The molecule has 0 aliphatic carbocycles. The fraction of sp³-hybridized carbons (Fsp3) is 0.750. The molecule has 2 saturated heterocycles. The molecule has 3 nitrogen and oxygen atoms in total. The average molecular weight is 207 g/mol. The fourth-order valence-corrected chi connectivity index (χ4v) is 2.26. The van der Waals surface area contributed by atoms with E-state index in [0.29, 0.717) is 6.42 Å². The van der Waals surface area contributed by atoms with Crippen LogP contribution >= 0.6 is 0 Å². The van der Waals surface area contributed by atoms with Crippen molar-refractivity contribution in [2.45, 2.75) is 31.8 Å². The smallest absolute Gasteiger partial charge is 0.224 e. The third kappa shape index (κ3) is 2.51. The number of rotatable bonds is 2. The minimum Gasteiger partial charge on any atom is -0.376 e. The molecule has 0 bridgehead atoms. The van der Waals surface area contributed by atoms with Gasteiger partial charge < -0.3 is 9.64 Å². The van der Waals surface area contributed by atoms with Crippen LogP contribution in [0.4, 0.5) is 0 Å². The van der Waals surface area contributed by atoms with Gasteiger partial charge in [-0.25, -0.2) is 0 Å². The highest BCUT2D eigenvalue weighted by Gasteiger charge is 2.30. The van der Waals surface area contributed by atoms with Crippen molar-refractivity contribution < 1.29 is 9.53 Å². The summed E-state index contributed by atoms with van der Waals surface area (Å²) in [5, 5.41) is 0. The van der Waals surface area contributed by atoms with Gasteiger partial charge >= 0.3 is 0 Å². The summed E-state index contributed by atoms with van der Waals surface area (Å²) >= 11 is 0. The van der Waals surface area contributed by atoms with Gasteiger partial charge in [0.2, 0.25) is 5.91 Å². The van der Waals surface area contributed by atoms with E-state index in [4.69, 9.17) is 11.2 Å². The third-order valence-electron chi connectivity index (χ3n) is 3.15. The lowest BCUT2D eigenvalue weighted by atomic mass is 10.1. The van der Waals surface area contributed by atoms with Crippen LogP contribution in [0.3, 0.4) is 0 Å². The van der Waals surface area contributed by atoms with Crippen molar-refractivity contribution >= 4 is 5.91 Å². The van der Waals surface area contributed by atoms with E-state index in [2.05, 4.69) is 5.92 Å². The number of nitrogens with zero attached hydrogens (tertiary/aromatic N) is 1. The minimum absolute atomic E-state index is 0.112. The van der Waals surface area contributed by atoms with Crippen molar-refractivity contribution in [2.24, 2.45) is 5.92 Å². The maximum absolute atomic E-state index is 11.6. The first-order valence-electron chi connectivity index (χ1n) is 5.65. The zero-order chi connectivity index (χ0) is 10.7. The first kappa shape index (κ1) is 10.5. The molecular formula is C12H17NO2. The topological polar surface area (TPSA) is 29.5 Å². The molecule has 2 fully saturated rings. The zero-order valence-electron chi connectivity index (χ0n) is 8.95. The van der Waals surface area contributed by atoms with Gasteiger partial charge in [0, 0.05) is 32.0 Å². The number of likely N-dealkylation sites (tertiary alicyclic amines) is 1. The van der Waals surface area contributed by atoms with Crippen LogP contribution in [0.1, 0.15) is 25.7 Å². The highest BCUT2D eigenvalue weighted by atomic mass is 16.5. The molecule has 0 radical (unpaired) electrons. The normalized spacial score (nSPS) is 31.7. The van der Waals surface area contributed by atoms with Crippen LogP contribution in [-0.4, -0.2) is 36.6 Å². The standard InChI is InChI=1S/C12H17NO2/c1-2-10-7-12(14)13(8-10)9-11-5-3-4-6-15-11/h1,10-11H,3-9H2. The summed E-state index contributed by atoms with van der Waals surface area (Å²) in [7, 11) is 0. The largest absolute Gasteiger partial charge is 0.376 e. The molecule has 2 unspecified atom stereocenters. The second kappa shape index (κ2) is 4.67. The number of hydrogen-bond acceptors (Lipinski definition) is 2. The number of carbonyl (C=O) groups is 1. The van der Waals surface area contributed by atoms with Gasteiger partial charge in [0.15, 0.2) is 0 Å². The first-order valence-corrected chi connectivity index (χ1v) is 5.65. The average Bonchev–Trinajstić information content (AvgIpc) is 2.61. The number of terminal acetylenes is 1. The van der Waals surface area contributed by atoms with Gasteiger partial charge in [-0.15, -0.1) is 12.3 Å². The van der Waals surface area contributed by atoms with E-state index < -0.39 is 0 Å². The van der Waals surface area contributed by atoms with E-state index in [-0.39, 0.29) is 17.9 Å². The molecule has 1 amide bonds. The van der Waals surface area contributed by atoms with E-state index in [1.165, 1.54) is 6.42 Å². The molecule has 2 aliphatic rings. The maximum Gasteiger partial charge on any atom is 0.224 e. The Hall–Kier alpha value is -1.01. The molecular weight excluding hydrogens is 190 g/mol. The van der Waals surface area contributed by atoms with E-state index in [1.807, 2.05) is 4.90 Å². The lowest BCUT2D eigenvalue weighted by molar-refractivity contribution is -0.130. The van der Waals surface area contributed by atoms with Crippen molar-refractivity contribution in [3.8, 4) is 12.3 Å². The first-order chi connectivity index (χ1) is 7.29. The summed E-state index contributed by atoms with van der Waals surface area (Å²) in [5.41, 5.74) is 0. The molecule has 2 rings (SSSR count). The second-order valence-electron chi connectivity index (χ2n) is 4.36. The van der Waals surface area contributed by atoms with E-state index in [1.54, 1.807) is 0 Å². The summed E-state index contributed by atoms with van der Waals surface area (Å²) in [5.74, 6) is 2.96. The SMILES string of the molecule is C#CC1CC(=O)N(CC2CCCCO2)C1. The number of hydrogen-bond donors (Lipinski definition) is 0. The quantitative estimate of drug-likeness (QED) is 0.633. The molecule has 0 saturated carbocycles. The van der Waals surface area contributed by atoms with E-state index in [9.17, 15) is 4.79 Å². The maximum atomic E-state index is 11.6. The summed E-state index contributed by atoms with van der Waals surface area (Å²) in [6.07, 6.45) is 9.52. The lowest BCUT2D eigenvalue weighted by Crippen LogP contribution is -2.36. The van der Waals surface area contributed by atoms with Crippen molar-refractivity contribution in [3.05, 3.63) is 0 Å². The molecule has 3 heteroatoms. The minimum atomic E-state index is 0.112. The van der Waals surface area contributed by atoms with Gasteiger partial charge in [-0.1, -0.05) is 0 Å². The molecule has 2 heterocycles. The molecule has 0 aromatic heterocycles. The Bertz CT molecular complexity index is 276. The summed E-state index contributed by atoms with van der Waals surface area (Å²) in [6.45, 7) is 2.29. The molecule has 0 spiro atoms. The van der Waals surface area contributed by atoms with Gasteiger partial charge in [0.05, 0.1) is 6.10 Å². The number of amides is 1. The molecule has 82 valence electrons. The Morgan fingerprint density at radius 2 is 2.40 bits per heavy atom. The fourth-order valence-electron chi connectivity index (χ4n) is 2.26. The van der Waals surface area contributed by atoms with Crippen LogP contribution in [0.2, 0.25) is 0 Å². The third-order valence-corrected chi connectivity index (χ3v) is 3.15. The van der Waals surface area contributed by atoms with Crippen molar-refractivity contribution in [3.63, 3.8) is 0 Å². The Morgan fingerprint density at radius 3 is 3.00 bits per heavy atom. The van der Waals surface area contributed by atoms with Crippen LogP contribution < -0.4 is 0 Å². The summed E-state index contributed by atoms with van der Waals surface area (Å²) in [6, 6.07) is 0. The zero-order valence-corrected chi connectivity index (χ0v) is 8.95. The molecule has 2 atom stereocenters. The Morgan fingerprint density at radius 1 is 1.53 bits per heavy atom. The predicted molar refractivity (Wildman–Crippen MR) is 57.1 cm³/mol. The summed E-state index contributed by atoms with van der Waals surface area (Å²) < 4.78 is 5.61. The van der Waals surface area contributed by atoms with Crippen molar-refractivity contribution in [2.75, 3.05) is 19.7 Å². The van der Waals surface area contributed by atoms with Gasteiger partial charge in [0.25, 0.3) is 0 Å². The lowest BCUT2D eigenvalue weighted by Gasteiger charge is -2.27. The van der Waals surface area contributed by atoms with Gasteiger partial charge in [-0.3, -0.25) is 4.79 Å². The Kier molecular flexibility index (Phi) is 3.27. The molecule has 0 N–H and O–H groups in total. The second-order valence-corrected chi connectivity index (χ2v) is 4.36. The van der Waals surface area contributed by atoms with Gasteiger partial charge in [0.1, 0.15) is 0 Å². The molecule has 0 aromatic carbocycles. The van der Waals surface area contributed by atoms with Gasteiger partial charge in [-0.2, -0.15) is 0 Å². The van der Waals surface area contributed by atoms with Crippen LogP contribution in [0.25, 0.3) is 0 Å². The van der Waals surface area contributed by atoms with Crippen molar-refractivity contribution in [1.29, 1.82) is 0 Å². The summed E-state index contributed by atoms with van der Waals surface area (Å²) in [4.78, 5) is 13.5. The van der Waals surface area contributed by atoms with Crippen LogP contribution in [-0.2, 0) is 9.53 Å². The van der Waals surface area contributed by atoms with E-state index >= 15 is 0 Å². The highest BCUT2D eigenvalue weighted by molar-refractivity contribution is 5.79. The van der Waals surface area contributed by atoms with E-state index in [0.717, 1.165) is 32.5 Å². The molecule has 0 aromatic rings. The van der Waals surface area contributed by atoms with Gasteiger partial charge in [-0.05, 0) is 19.3 Å². The molecule has 2 aliphatic heterocycles. The number of ether oxygens (including phenoxy) is 1. The predicted octanol–water partition coefficient (Wildman–Crippen LogP) is 1.04. The Balaban J connectivity index is 1.84. The van der Waals surface area contributed by atoms with Crippen LogP contribution in [0.15, 0.2) is 0 Å². The monoisotopic (exact) mass is 207 g/mol. The van der Waals surface area contributed by atoms with Crippen LogP contribution in [0, 0.1) is 18.3 Å². The van der Waals surface area contributed by atoms with Crippen molar-refractivity contribution in [1.82, 2.24) is 4.90 Å². The Labute approximate surface area is 90.8 Å². The molecule has 15 heavy (non-hydrogen) atoms.